The van der Waals surface area contributed by atoms with Gasteiger partial charge in [-0.25, -0.2) is 4.98 Å². The lowest BCUT2D eigenvalue weighted by Gasteiger charge is -2.26. The van der Waals surface area contributed by atoms with Crippen LogP contribution in [0.5, 0.6) is 0 Å². The average Bonchev–Trinajstić information content (AvgIpc) is 3.14. The van der Waals surface area contributed by atoms with E-state index in [0.717, 1.165) is 37.1 Å². The van der Waals surface area contributed by atoms with E-state index in [2.05, 4.69) is 10.3 Å². The third-order valence-corrected chi connectivity index (χ3v) is 4.48. The van der Waals surface area contributed by atoms with Gasteiger partial charge in [0, 0.05) is 45.6 Å². The van der Waals surface area contributed by atoms with Gasteiger partial charge >= 0.3 is 0 Å². The van der Waals surface area contributed by atoms with Crippen LogP contribution in [0.4, 0.5) is 0 Å². The number of aromatic nitrogens is 2. The molecule has 6 nitrogen and oxygen atoms in total. The highest BCUT2D eigenvalue weighted by Gasteiger charge is 2.20. The van der Waals surface area contributed by atoms with Gasteiger partial charge in [-0.2, -0.15) is 0 Å². The summed E-state index contributed by atoms with van der Waals surface area (Å²) < 4.78 is 7.63. The van der Waals surface area contributed by atoms with Crippen molar-refractivity contribution in [1.29, 1.82) is 0 Å². The number of carbonyl (C=O) groups excluding carboxylic acids is 1. The Bertz CT molecular complexity index is 616. The second kappa shape index (κ2) is 6.36. The molecule has 0 aromatic carbocycles. The lowest BCUT2D eigenvalue weighted by molar-refractivity contribution is 0.0702. The Kier molecular flexibility index (Phi) is 4.31. The first-order valence-corrected chi connectivity index (χ1v) is 7.91. The molecule has 7 heteroatoms. The fourth-order valence-corrected chi connectivity index (χ4v) is 3.05. The first-order valence-electron chi connectivity index (χ1n) is 6.93. The summed E-state index contributed by atoms with van der Waals surface area (Å²) in [5, 5.41) is 4.16. The van der Waals surface area contributed by atoms with Crippen molar-refractivity contribution in [3.63, 3.8) is 0 Å². The highest BCUT2D eigenvalue weighted by molar-refractivity contribution is 7.98. The van der Waals surface area contributed by atoms with Crippen molar-refractivity contribution in [1.82, 2.24) is 19.8 Å². The lowest BCUT2D eigenvalue weighted by Crippen LogP contribution is -2.46. The van der Waals surface area contributed by atoms with Crippen molar-refractivity contribution in [2.24, 2.45) is 7.05 Å². The van der Waals surface area contributed by atoms with E-state index in [1.54, 1.807) is 24.0 Å². The van der Waals surface area contributed by atoms with Gasteiger partial charge < -0.3 is 19.2 Å². The molecule has 2 aromatic heterocycles. The summed E-state index contributed by atoms with van der Waals surface area (Å²) in [6.45, 7) is 3.15. The SMILES string of the molecule is Cn1ccnc1SCc1ccc(C(=O)N2CCNCC2)o1. The van der Waals surface area contributed by atoms with Gasteiger partial charge in [0.1, 0.15) is 5.76 Å². The van der Waals surface area contributed by atoms with Crippen LogP contribution < -0.4 is 5.32 Å². The standard InChI is InChI=1S/C14H18N4O2S/c1-17-7-6-16-14(17)21-10-11-2-3-12(20-11)13(19)18-8-4-15-5-9-18/h2-3,6-7,15H,4-5,8-10H2,1H3. The highest BCUT2D eigenvalue weighted by Crippen LogP contribution is 2.22. The van der Waals surface area contributed by atoms with Crippen LogP contribution in [0.15, 0.2) is 34.1 Å². The number of furan rings is 1. The largest absolute Gasteiger partial charge is 0.455 e. The number of hydrogen-bond acceptors (Lipinski definition) is 5. The number of carbonyl (C=O) groups is 1. The second-order valence-electron chi connectivity index (χ2n) is 4.92. The summed E-state index contributed by atoms with van der Waals surface area (Å²) in [7, 11) is 1.96. The number of thioether (sulfide) groups is 1. The van der Waals surface area contributed by atoms with Gasteiger partial charge in [-0.3, -0.25) is 4.79 Å². The van der Waals surface area contributed by atoms with Crippen LogP contribution in [0.2, 0.25) is 0 Å². The molecule has 0 unspecified atom stereocenters. The van der Waals surface area contributed by atoms with E-state index in [4.69, 9.17) is 4.42 Å². The van der Waals surface area contributed by atoms with Crippen LogP contribution in [-0.2, 0) is 12.8 Å². The van der Waals surface area contributed by atoms with Crippen LogP contribution >= 0.6 is 11.8 Å². The first kappa shape index (κ1) is 14.2. The van der Waals surface area contributed by atoms with Gasteiger partial charge in [-0.15, -0.1) is 0 Å². The zero-order chi connectivity index (χ0) is 14.7. The molecular formula is C14H18N4O2S. The van der Waals surface area contributed by atoms with Crippen molar-refractivity contribution in [3.8, 4) is 0 Å². The highest BCUT2D eigenvalue weighted by atomic mass is 32.2. The predicted octanol–water partition coefficient (Wildman–Crippen LogP) is 1.35. The molecule has 1 N–H and O–H groups in total. The summed E-state index contributed by atoms with van der Waals surface area (Å²) >= 11 is 1.59. The van der Waals surface area contributed by atoms with Crippen LogP contribution in [0.1, 0.15) is 16.3 Å². The van der Waals surface area contributed by atoms with E-state index >= 15 is 0 Å². The van der Waals surface area contributed by atoms with Crippen molar-refractivity contribution >= 4 is 17.7 Å². The molecule has 21 heavy (non-hydrogen) atoms. The summed E-state index contributed by atoms with van der Waals surface area (Å²) in [5.74, 6) is 1.86. The molecule has 0 spiro atoms. The van der Waals surface area contributed by atoms with Gasteiger partial charge in [0.2, 0.25) is 0 Å². The molecule has 1 saturated heterocycles. The molecular weight excluding hydrogens is 288 g/mol. The Labute approximate surface area is 127 Å². The minimum atomic E-state index is -0.0234. The Balaban J connectivity index is 1.60. The smallest absolute Gasteiger partial charge is 0.289 e. The number of nitrogens with one attached hydrogen (secondary N) is 1. The fraction of sp³-hybridized carbons (Fsp3) is 0.429. The number of amides is 1. The summed E-state index contributed by atoms with van der Waals surface area (Å²) in [4.78, 5) is 18.4. The first-order chi connectivity index (χ1) is 10.2. The third kappa shape index (κ3) is 3.30. The zero-order valence-electron chi connectivity index (χ0n) is 11.9. The van der Waals surface area contributed by atoms with Crippen LogP contribution in [0, 0.1) is 0 Å². The quantitative estimate of drug-likeness (QED) is 0.864. The molecule has 0 aliphatic carbocycles. The molecule has 1 aliphatic heterocycles. The van der Waals surface area contributed by atoms with E-state index in [1.807, 2.05) is 28.8 Å². The topological polar surface area (TPSA) is 63.3 Å². The van der Waals surface area contributed by atoms with E-state index in [9.17, 15) is 4.79 Å². The molecule has 3 heterocycles. The maximum absolute atomic E-state index is 12.3. The molecule has 1 fully saturated rings. The maximum atomic E-state index is 12.3. The summed E-state index contributed by atoms with van der Waals surface area (Å²) in [5.41, 5.74) is 0. The normalized spacial score (nSPS) is 15.4. The summed E-state index contributed by atoms with van der Waals surface area (Å²) in [6, 6.07) is 3.63. The fourth-order valence-electron chi connectivity index (χ4n) is 2.22. The Morgan fingerprint density at radius 3 is 2.95 bits per heavy atom. The number of imidazole rings is 1. The molecule has 1 amide bonds. The van der Waals surface area contributed by atoms with Gasteiger partial charge in [-0.05, 0) is 12.1 Å². The molecule has 112 valence electrons. The van der Waals surface area contributed by atoms with Gasteiger partial charge in [0.05, 0.1) is 5.75 Å². The third-order valence-electron chi connectivity index (χ3n) is 3.40. The Hall–Kier alpha value is -1.73. The molecule has 0 atom stereocenters. The molecule has 2 aromatic rings. The zero-order valence-corrected chi connectivity index (χ0v) is 12.7. The molecule has 0 radical (unpaired) electrons. The van der Waals surface area contributed by atoms with Crippen LogP contribution in [0.3, 0.4) is 0 Å². The molecule has 1 aliphatic rings. The van der Waals surface area contributed by atoms with E-state index in [0.29, 0.717) is 11.5 Å². The van der Waals surface area contributed by atoms with Crippen molar-refractivity contribution in [2.75, 3.05) is 26.2 Å². The number of piperazine rings is 1. The lowest BCUT2D eigenvalue weighted by atomic mass is 10.3. The molecule has 0 bridgehead atoms. The Morgan fingerprint density at radius 2 is 2.24 bits per heavy atom. The van der Waals surface area contributed by atoms with Crippen molar-refractivity contribution < 1.29 is 9.21 Å². The molecule has 3 rings (SSSR count). The van der Waals surface area contributed by atoms with Crippen molar-refractivity contribution in [2.45, 2.75) is 10.9 Å². The number of hydrogen-bond donors (Lipinski definition) is 1. The van der Waals surface area contributed by atoms with E-state index in [1.165, 1.54) is 0 Å². The number of rotatable bonds is 4. The monoisotopic (exact) mass is 306 g/mol. The van der Waals surface area contributed by atoms with Crippen LogP contribution in [-0.4, -0.2) is 46.5 Å². The minimum Gasteiger partial charge on any atom is -0.455 e. The maximum Gasteiger partial charge on any atom is 0.289 e. The van der Waals surface area contributed by atoms with Crippen LogP contribution in [0.25, 0.3) is 0 Å². The van der Waals surface area contributed by atoms with Crippen molar-refractivity contribution in [3.05, 3.63) is 36.0 Å². The van der Waals surface area contributed by atoms with E-state index < -0.39 is 0 Å². The Morgan fingerprint density at radius 1 is 1.43 bits per heavy atom. The predicted molar refractivity (Wildman–Crippen MR) is 80.3 cm³/mol. The van der Waals surface area contributed by atoms with Gasteiger partial charge in [-0.1, -0.05) is 11.8 Å². The number of aryl methyl sites for hydroxylation is 1. The number of nitrogens with zero attached hydrogens (tertiary/aromatic N) is 3. The van der Waals surface area contributed by atoms with E-state index in [-0.39, 0.29) is 5.91 Å². The average molecular weight is 306 g/mol. The summed E-state index contributed by atoms with van der Waals surface area (Å²) in [6.07, 6.45) is 3.67. The van der Waals surface area contributed by atoms with Gasteiger partial charge in [0.15, 0.2) is 10.9 Å². The van der Waals surface area contributed by atoms with Gasteiger partial charge in [0.25, 0.3) is 5.91 Å². The second-order valence-corrected chi connectivity index (χ2v) is 5.86. The molecule has 0 saturated carbocycles. The minimum absolute atomic E-state index is 0.0234.